The molecule has 0 aliphatic carbocycles. The SMILES string of the molecule is CCN1CCC(C(C)CCN2CCC(C)(C(C)(C)C)CC2)CC1. The van der Waals surface area contributed by atoms with Gasteiger partial charge in [-0.05, 0) is 94.0 Å². The number of rotatable bonds is 5. The molecule has 0 amide bonds. The fraction of sp³-hybridized carbons (Fsp3) is 1.00. The summed E-state index contributed by atoms with van der Waals surface area (Å²) in [5, 5.41) is 0. The first-order valence-electron chi connectivity index (χ1n) is 10.2. The number of nitrogens with zero attached hydrogens (tertiary/aromatic N) is 2. The molecular weight excluding hydrogens is 280 g/mol. The van der Waals surface area contributed by atoms with E-state index in [4.69, 9.17) is 0 Å². The van der Waals surface area contributed by atoms with Crippen molar-refractivity contribution in [3.8, 4) is 0 Å². The summed E-state index contributed by atoms with van der Waals surface area (Å²) >= 11 is 0. The van der Waals surface area contributed by atoms with Gasteiger partial charge in [0.15, 0.2) is 0 Å². The van der Waals surface area contributed by atoms with E-state index in [1.807, 2.05) is 0 Å². The molecule has 2 heterocycles. The summed E-state index contributed by atoms with van der Waals surface area (Å²) in [5.74, 6) is 1.88. The van der Waals surface area contributed by atoms with Crippen LogP contribution < -0.4 is 0 Å². The first kappa shape index (κ1) is 19.2. The largest absolute Gasteiger partial charge is 0.304 e. The van der Waals surface area contributed by atoms with Gasteiger partial charge < -0.3 is 9.80 Å². The topological polar surface area (TPSA) is 6.48 Å². The molecule has 0 bridgehead atoms. The quantitative estimate of drug-likeness (QED) is 0.711. The maximum Gasteiger partial charge on any atom is -0.00133 e. The highest BCUT2D eigenvalue weighted by atomic mass is 15.1. The van der Waals surface area contributed by atoms with Crippen LogP contribution in [0.4, 0.5) is 0 Å². The molecule has 0 aromatic heterocycles. The molecule has 0 spiro atoms. The fourth-order valence-electron chi connectivity index (χ4n) is 4.48. The first-order valence-corrected chi connectivity index (χ1v) is 10.2. The molecular formula is C21H42N2. The van der Waals surface area contributed by atoms with Gasteiger partial charge in [0.25, 0.3) is 0 Å². The van der Waals surface area contributed by atoms with Gasteiger partial charge in [-0.3, -0.25) is 0 Å². The van der Waals surface area contributed by atoms with Gasteiger partial charge in [-0.1, -0.05) is 41.5 Å². The molecule has 2 nitrogen and oxygen atoms in total. The number of piperidine rings is 2. The lowest BCUT2D eigenvalue weighted by molar-refractivity contribution is 0.0195. The maximum atomic E-state index is 2.74. The van der Waals surface area contributed by atoms with Crippen molar-refractivity contribution in [3.05, 3.63) is 0 Å². The van der Waals surface area contributed by atoms with Gasteiger partial charge in [-0.2, -0.15) is 0 Å². The van der Waals surface area contributed by atoms with Crippen molar-refractivity contribution in [3.63, 3.8) is 0 Å². The van der Waals surface area contributed by atoms with E-state index in [1.165, 1.54) is 71.4 Å². The number of likely N-dealkylation sites (tertiary alicyclic amines) is 2. The van der Waals surface area contributed by atoms with E-state index in [0.717, 1.165) is 11.8 Å². The Kier molecular flexibility index (Phi) is 6.58. The average molecular weight is 323 g/mol. The van der Waals surface area contributed by atoms with Crippen LogP contribution in [0.25, 0.3) is 0 Å². The van der Waals surface area contributed by atoms with E-state index < -0.39 is 0 Å². The van der Waals surface area contributed by atoms with Crippen molar-refractivity contribution in [2.75, 3.05) is 39.3 Å². The van der Waals surface area contributed by atoms with Crippen molar-refractivity contribution in [1.82, 2.24) is 9.80 Å². The van der Waals surface area contributed by atoms with Gasteiger partial charge in [0.2, 0.25) is 0 Å². The lowest BCUT2D eigenvalue weighted by Crippen LogP contribution is -2.45. The molecule has 2 rings (SSSR count). The lowest BCUT2D eigenvalue weighted by atomic mass is 9.63. The predicted octanol–water partition coefficient (Wildman–Crippen LogP) is 4.89. The maximum absolute atomic E-state index is 2.74. The van der Waals surface area contributed by atoms with E-state index in [2.05, 4.69) is 51.3 Å². The van der Waals surface area contributed by atoms with Crippen LogP contribution in [0.15, 0.2) is 0 Å². The zero-order chi connectivity index (χ0) is 17.1. The Morgan fingerprint density at radius 1 is 1.00 bits per heavy atom. The minimum atomic E-state index is 0.444. The van der Waals surface area contributed by atoms with Crippen molar-refractivity contribution in [1.29, 1.82) is 0 Å². The number of hydrogen-bond acceptors (Lipinski definition) is 2. The zero-order valence-electron chi connectivity index (χ0n) is 16.8. The van der Waals surface area contributed by atoms with Crippen molar-refractivity contribution < 1.29 is 0 Å². The summed E-state index contributed by atoms with van der Waals surface area (Å²) in [6.07, 6.45) is 7.01. The molecule has 2 saturated heterocycles. The van der Waals surface area contributed by atoms with Crippen LogP contribution >= 0.6 is 0 Å². The Morgan fingerprint density at radius 2 is 1.57 bits per heavy atom. The summed E-state index contributed by atoms with van der Waals surface area (Å²) < 4.78 is 0. The minimum absolute atomic E-state index is 0.444. The van der Waals surface area contributed by atoms with Gasteiger partial charge in [0.05, 0.1) is 0 Å². The smallest absolute Gasteiger partial charge is 0.00133 e. The molecule has 2 aliphatic rings. The van der Waals surface area contributed by atoms with Gasteiger partial charge >= 0.3 is 0 Å². The standard InChI is InChI=1S/C21H42N2/c1-7-22-14-9-19(10-15-22)18(2)8-13-23-16-11-21(6,12-17-23)20(3,4)5/h18-19H,7-17H2,1-6H3. The van der Waals surface area contributed by atoms with Crippen LogP contribution in [0, 0.1) is 22.7 Å². The van der Waals surface area contributed by atoms with Crippen LogP contribution in [-0.2, 0) is 0 Å². The Morgan fingerprint density at radius 3 is 2.04 bits per heavy atom. The summed E-state index contributed by atoms with van der Waals surface area (Å²) in [4.78, 5) is 5.35. The predicted molar refractivity (Wildman–Crippen MR) is 102 cm³/mol. The molecule has 136 valence electrons. The highest BCUT2D eigenvalue weighted by molar-refractivity contribution is 4.91. The summed E-state index contributed by atoms with van der Waals surface area (Å²) in [7, 11) is 0. The van der Waals surface area contributed by atoms with Crippen LogP contribution in [-0.4, -0.2) is 49.1 Å². The van der Waals surface area contributed by atoms with E-state index in [0.29, 0.717) is 10.8 Å². The van der Waals surface area contributed by atoms with E-state index in [-0.39, 0.29) is 0 Å². The van der Waals surface area contributed by atoms with Crippen LogP contribution in [0.2, 0.25) is 0 Å². The third-order valence-corrected chi connectivity index (χ3v) is 7.56. The second-order valence-electron chi connectivity index (χ2n) is 9.69. The van der Waals surface area contributed by atoms with Crippen LogP contribution in [0.1, 0.15) is 73.6 Å². The van der Waals surface area contributed by atoms with Crippen molar-refractivity contribution in [2.45, 2.75) is 73.6 Å². The molecule has 2 fully saturated rings. The van der Waals surface area contributed by atoms with Crippen molar-refractivity contribution in [2.24, 2.45) is 22.7 Å². The van der Waals surface area contributed by atoms with Crippen LogP contribution in [0.5, 0.6) is 0 Å². The average Bonchev–Trinajstić information content (AvgIpc) is 2.53. The van der Waals surface area contributed by atoms with Crippen molar-refractivity contribution >= 4 is 0 Å². The Balaban J connectivity index is 1.69. The zero-order valence-corrected chi connectivity index (χ0v) is 16.8. The molecule has 0 aromatic carbocycles. The molecule has 0 N–H and O–H groups in total. The second kappa shape index (κ2) is 7.87. The van der Waals surface area contributed by atoms with Gasteiger partial charge in [0, 0.05) is 0 Å². The Bertz CT molecular complexity index is 341. The summed E-state index contributed by atoms with van der Waals surface area (Å²) in [5.41, 5.74) is 0.974. The normalized spacial score (nSPS) is 26.3. The third-order valence-electron chi connectivity index (χ3n) is 7.56. The third kappa shape index (κ3) is 4.95. The first-order chi connectivity index (χ1) is 10.7. The van der Waals surface area contributed by atoms with E-state index in [1.54, 1.807) is 0 Å². The van der Waals surface area contributed by atoms with E-state index in [9.17, 15) is 0 Å². The van der Waals surface area contributed by atoms with Gasteiger partial charge in [-0.15, -0.1) is 0 Å². The molecule has 0 saturated carbocycles. The Labute approximate surface area is 146 Å². The minimum Gasteiger partial charge on any atom is -0.304 e. The van der Waals surface area contributed by atoms with E-state index >= 15 is 0 Å². The fourth-order valence-corrected chi connectivity index (χ4v) is 4.48. The molecule has 1 atom stereocenters. The summed E-state index contributed by atoms with van der Waals surface area (Å²) in [6, 6.07) is 0. The second-order valence-corrected chi connectivity index (χ2v) is 9.69. The molecule has 0 radical (unpaired) electrons. The summed E-state index contributed by atoms with van der Waals surface area (Å²) in [6.45, 7) is 22.4. The highest BCUT2D eigenvalue weighted by Crippen LogP contribution is 2.46. The lowest BCUT2D eigenvalue weighted by Gasteiger charge is -2.48. The van der Waals surface area contributed by atoms with Crippen LogP contribution in [0.3, 0.4) is 0 Å². The molecule has 2 aliphatic heterocycles. The monoisotopic (exact) mass is 322 g/mol. The molecule has 2 heteroatoms. The molecule has 0 aromatic rings. The number of hydrogen-bond donors (Lipinski definition) is 0. The Hall–Kier alpha value is -0.0800. The molecule has 23 heavy (non-hydrogen) atoms. The van der Waals surface area contributed by atoms with Gasteiger partial charge in [-0.25, -0.2) is 0 Å². The highest BCUT2D eigenvalue weighted by Gasteiger charge is 2.39. The molecule has 1 unspecified atom stereocenters. The van der Waals surface area contributed by atoms with Gasteiger partial charge in [0.1, 0.15) is 0 Å².